The van der Waals surface area contributed by atoms with Crippen LogP contribution in [0.3, 0.4) is 0 Å². The number of hydrogen-bond donors (Lipinski definition) is 2. The first-order valence-electron chi connectivity index (χ1n) is 7.91. The van der Waals surface area contributed by atoms with Gasteiger partial charge in [0.15, 0.2) is 12.2 Å². The number of ether oxygens (including phenoxy) is 1. The van der Waals surface area contributed by atoms with Gasteiger partial charge in [-0.05, 0) is 32.9 Å². The predicted octanol–water partition coefficient (Wildman–Crippen LogP) is 2.16. The second-order valence-corrected chi connectivity index (χ2v) is 6.45. The Balaban J connectivity index is 2.09. The highest BCUT2D eigenvalue weighted by atomic mass is 16.5. The van der Waals surface area contributed by atoms with E-state index in [0.29, 0.717) is 22.8 Å². The van der Waals surface area contributed by atoms with Crippen LogP contribution in [-0.4, -0.2) is 35.2 Å². The van der Waals surface area contributed by atoms with E-state index in [9.17, 15) is 14.4 Å². The first-order valence-corrected chi connectivity index (χ1v) is 7.91. The molecule has 2 N–H and O–H groups in total. The number of benzene rings is 1. The van der Waals surface area contributed by atoms with Gasteiger partial charge in [0, 0.05) is 23.7 Å². The molecule has 0 radical (unpaired) electrons. The Morgan fingerprint density at radius 2 is 1.96 bits per heavy atom. The van der Waals surface area contributed by atoms with Gasteiger partial charge in [-0.25, -0.2) is 4.98 Å². The van der Waals surface area contributed by atoms with Crippen molar-refractivity contribution in [2.75, 3.05) is 12.4 Å². The molecule has 138 valence electrons. The van der Waals surface area contributed by atoms with E-state index < -0.39 is 17.4 Å². The van der Waals surface area contributed by atoms with Crippen LogP contribution in [0.15, 0.2) is 35.2 Å². The van der Waals surface area contributed by atoms with E-state index in [1.165, 1.54) is 20.4 Å². The lowest BCUT2D eigenvalue weighted by Crippen LogP contribution is -2.48. The van der Waals surface area contributed by atoms with Gasteiger partial charge < -0.3 is 19.8 Å². The van der Waals surface area contributed by atoms with Gasteiger partial charge in [0.05, 0.1) is 18.9 Å². The van der Waals surface area contributed by atoms with Gasteiger partial charge in [-0.3, -0.25) is 14.4 Å². The van der Waals surface area contributed by atoms with Crippen LogP contribution in [-0.2, 0) is 14.4 Å². The van der Waals surface area contributed by atoms with Crippen molar-refractivity contribution in [2.24, 2.45) is 0 Å². The van der Waals surface area contributed by atoms with Crippen molar-refractivity contribution in [3.05, 3.63) is 30.8 Å². The zero-order valence-electron chi connectivity index (χ0n) is 15.1. The zero-order chi connectivity index (χ0) is 19.3. The largest absolute Gasteiger partial charge is 0.496 e. The number of anilines is 1. The molecule has 0 aliphatic carbocycles. The van der Waals surface area contributed by atoms with Crippen molar-refractivity contribution < 1.29 is 23.5 Å². The number of rotatable bonds is 6. The molecule has 0 spiro atoms. The number of ketones is 1. The molecule has 1 heterocycles. The fraction of sp³-hybridized carbons (Fsp3) is 0.333. The van der Waals surface area contributed by atoms with Crippen LogP contribution < -0.4 is 15.4 Å². The molecule has 0 atom stereocenters. The maximum Gasteiger partial charge on any atom is 0.313 e. The molecular weight excluding hydrogens is 338 g/mol. The molecule has 2 rings (SSSR count). The van der Waals surface area contributed by atoms with Crippen LogP contribution in [0, 0.1) is 0 Å². The van der Waals surface area contributed by atoms with Gasteiger partial charge in [0.25, 0.3) is 0 Å². The van der Waals surface area contributed by atoms with Gasteiger partial charge in [-0.1, -0.05) is 0 Å². The summed E-state index contributed by atoms with van der Waals surface area (Å²) in [5.74, 6) is -0.769. The fourth-order valence-corrected chi connectivity index (χ4v) is 2.54. The van der Waals surface area contributed by atoms with Crippen molar-refractivity contribution in [1.82, 2.24) is 10.3 Å². The predicted molar refractivity (Wildman–Crippen MR) is 94.6 cm³/mol. The second kappa shape index (κ2) is 7.81. The van der Waals surface area contributed by atoms with Crippen molar-refractivity contribution in [3.63, 3.8) is 0 Å². The summed E-state index contributed by atoms with van der Waals surface area (Å²) >= 11 is 0. The average Bonchev–Trinajstić information content (AvgIpc) is 3.07. The summed E-state index contributed by atoms with van der Waals surface area (Å²) < 4.78 is 10.5. The lowest BCUT2D eigenvalue weighted by atomic mass is 9.98. The Kier molecular flexibility index (Phi) is 5.76. The highest BCUT2D eigenvalue weighted by Gasteiger charge is 2.26. The van der Waals surface area contributed by atoms with Gasteiger partial charge in [-0.2, -0.15) is 0 Å². The normalized spacial score (nSPS) is 10.9. The molecule has 0 saturated carbocycles. The molecule has 0 aliphatic rings. The molecule has 0 fully saturated rings. The highest BCUT2D eigenvalue weighted by molar-refractivity contribution is 6.39. The minimum absolute atomic E-state index is 0.0801. The summed E-state index contributed by atoms with van der Waals surface area (Å²) in [5, 5.41) is 5.05. The number of methoxy groups -OCH3 is 1. The van der Waals surface area contributed by atoms with E-state index >= 15 is 0 Å². The number of oxazole rings is 1. The number of amides is 2. The van der Waals surface area contributed by atoms with Crippen LogP contribution in [0.2, 0.25) is 0 Å². The molecule has 2 aromatic rings. The lowest BCUT2D eigenvalue weighted by molar-refractivity contribution is -0.137. The van der Waals surface area contributed by atoms with Crippen LogP contribution in [0.5, 0.6) is 5.75 Å². The van der Waals surface area contributed by atoms with E-state index in [0.717, 1.165) is 0 Å². The molecule has 0 aliphatic heterocycles. The standard InChI is InChI=1S/C18H21N3O5/c1-11(22)8-18(2,3)21-17(24)16(23)20-12-5-6-13(14(7-12)25-4)15-9-19-10-26-15/h5-7,9-10H,8H2,1-4H3,(H,20,23)(H,21,24). The fourth-order valence-electron chi connectivity index (χ4n) is 2.54. The number of carbonyl (C=O) groups excluding carboxylic acids is 3. The molecule has 1 aromatic heterocycles. The average molecular weight is 359 g/mol. The molecule has 0 saturated heterocycles. The molecule has 2 amide bonds. The molecule has 8 heteroatoms. The van der Waals surface area contributed by atoms with E-state index in [1.807, 2.05) is 0 Å². The first kappa shape index (κ1) is 19.2. The number of nitrogens with zero attached hydrogens (tertiary/aromatic N) is 1. The summed E-state index contributed by atoms with van der Waals surface area (Å²) in [7, 11) is 1.48. The molecule has 0 bridgehead atoms. The summed E-state index contributed by atoms with van der Waals surface area (Å²) in [6.45, 7) is 4.78. The Labute approximate surface area is 150 Å². The topological polar surface area (TPSA) is 111 Å². The van der Waals surface area contributed by atoms with E-state index in [2.05, 4.69) is 15.6 Å². The summed E-state index contributed by atoms with van der Waals surface area (Å²) in [4.78, 5) is 39.3. The second-order valence-electron chi connectivity index (χ2n) is 6.45. The van der Waals surface area contributed by atoms with Crippen LogP contribution >= 0.6 is 0 Å². The number of nitrogens with one attached hydrogen (secondary N) is 2. The first-order chi connectivity index (χ1) is 12.2. The van der Waals surface area contributed by atoms with E-state index in [1.54, 1.807) is 38.2 Å². The van der Waals surface area contributed by atoms with Crippen LogP contribution in [0.1, 0.15) is 27.2 Å². The van der Waals surface area contributed by atoms with Gasteiger partial charge in [-0.15, -0.1) is 0 Å². The van der Waals surface area contributed by atoms with Crippen LogP contribution in [0.25, 0.3) is 11.3 Å². The Hall–Kier alpha value is -3.16. The van der Waals surface area contributed by atoms with E-state index in [4.69, 9.17) is 9.15 Å². The van der Waals surface area contributed by atoms with Gasteiger partial charge in [0.2, 0.25) is 0 Å². The van der Waals surface area contributed by atoms with Crippen molar-refractivity contribution in [2.45, 2.75) is 32.7 Å². The zero-order valence-corrected chi connectivity index (χ0v) is 15.1. The monoisotopic (exact) mass is 359 g/mol. The maximum absolute atomic E-state index is 12.1. The third-order valence-corrected chi connectivity index (χ3v) is 3.51. The molecule has 0 unspecified atom stereocenters. The minimum Gasteiger partial charge on any atom is -0.496 e. The van der Waals surface area contributed by atoms with Gasteiger partial charge >= 0.3 is 11.8 Å². The lowest BCUT2D eigenvalue weighted by Gasteiger charge is -2.24. The number of hydrogen-bond acceptors (Lipinski definition) is 6. The summed E-state index contributed by atoms with van der Waals surface area (Å²) in [6, 6.07) is 4.88. The van der Waals surface area contributed by atoms with E-state index in [-0.39, 0.29) is 12.2 Å². The summed E-state index contributed by atoms with van der Waals surface area (Å²) in [5.41, 5.74) is 0.235. The van der Waals surface area contributed by atoms with Gasteiger partial charge in [0.1, 0.15) is 11.5 Å². The SMILES string of the molecule is COc1cc(NC(=O)C(=O)NC(C)(C)CC(C)=O)ccc1-c1cnco1. The number of carbonyl (C=O) groups is 3. The molecular formula is C18H21N3O5. The third kappa shape index (κ3) is 4.92. The molecule has 1 aromatic carbocycles. The Morgan fingerprint density at radius 1 is 1.23 bits per heavy atom. The Morgan fingerprint density at radius 3 is 2.54 bits per heavy atom. The number of aromatic nitrogens is 1. The minimum atomic E-state index is -0.837. The third-order valence-electron chi connectivity index (χ3n) is 3.51. The molecule has 8 nitrogen and oxygen atoms in total. The van der Waals surface area contributed by atoms with Crippen molar-refractivity contribution in [1.29, 1.82) is 0 Å². The summed E-state index contributed by atoms with van der Waals surface area (Å²) in [6.07, 6.45) is 2.98. The number of Topliss-reactive ketones (excluding diaryl/α,β-unsaturated/α-hetero) is 1. The Bertz CT molecular complexity index is 812. The van der Waals surface area contributed by atoms with Crippen molar-refractivity contribution in [3.8, 4) is 17.1 Å². The maximum atomic E-state index is 12.1. The quantitative estimate of drug-likeness (QED) is 0.765. The van der Waals surface area contributed by atoms with Crippen LogP contribution in [0.4, 0.5) is 5.69 Å². The highest BCUT2D eigenvalue weighted by Crippen LogP contribution is 2.32. The van der Waals surface area contributed by atoms with Crippen molar-refractivity contribution >= 4 is 23.3 Å². The smallest absolute Gasteiger partial charge is 0.313 e. The molecule has 26 heavy (non-hydrogen) atoms.